The van der Waals surface area contributed by atoms with Crippen molar-refractivity contribution in [3.8, 4) is 33.4 Å². The maximum Gasteiger partial charge on any atom is 0.143 e. The number of hydrogen-bond donors (Lipinski definition) is 0. The molecule has 11 rings (SSSR count). The molecule has 0 unspecified atom stereocenters. The summed E-state index contributed by atoms with van der Waals surface area (Å²) in [6.45, 7) is 0. The summed E-state index contributed by atoms with van der Waals surface area (Å²) >= 11 is 1.87. The van der Waals surface area contributed by atoms with E-state index in [2.05, 4.69) is 205 Å². The van der Waals surface area contributed by atoms with Gasteiger partial charge in [-0.2, -0.15) is 0 Å². The van der Waals surface area contributed by atoms with Gasteiger partial charge in [0, 0.05) is 59.0 Å². The predicted octanol–water partition coefficient (Wildman–Crippen LogP) is 15.6. The average Bonchev–Trinajstić information content (AvgIpc) is 3.84. The van der Waals surface area contributed by atoms with Gasteiger partial charge in [-0.25, -0.2) is 0 Å². The Bertz CT molecular complexity index is 3170. The minimum atomic E-state index is 0.916. The molecule has 258 valence electrons. The monoisotopic (exact) mass is 719 g/mol. The van der Waals surface area contributed by atoms with Crippen LogP contribution in [0.5, 0.6) is 0 Å². The van der Waals surface area contributed by atoms with Crippen molar-refractivity contribution in [2.75, 3.05) is 4.90 Å². The summed E-state index contributed by atoms with van der Waals surface area (Å²) in [7, 11) is 0. The third kappa shape index (κ3) is 5.32. The van der Waals surface area contributed by atoms with Crippen LogP contribution >= 0.6 is 11.3 Å². The summed E-state index contributed by atoms with van der Waals surface area (Å²) in [6.07, 6.45) is 0. The molecular weight excluding hydrogens is 687 g/mol. The molecule has 2 nitrogen and oxygen atoms in total. The first-order chi connectivity index (χ1) is 27.3. The van der Waals surface area contributed by atoms with Crippen molar-refractivity contribution < 1.29 is 4.42 Å². The van der Waals surface area contributed by atoms with Crippen LogP contribution in [0.4, 0.5) is 17.1 Å². The highest BCUT2D eigenvalue weighted by molar-refractivity contribution is 7.26. The van der Waals surface area contributed by atoms with Crippen molar-refractivity contribution in [3.63, 3.8) is 0 Å². The lowest BCUT2D eigenvalue weighted by molar-refractivity contribution is 0.674. The van der Waals surface area contributed by atoms with Crippen molar-refractivity contribution in [1.82, 2.24) is 0 Å². The van der Waals surface area contributed by atoms with Gasteiger partial charge in [0.05, 0.1) is 0 Å². The van der Waals surface area contributed by atoms with Gasteiger partial charge in [0.2, 0.25) is 0 Å². The van der Waals surface area contributed by atoms with E-state index in [9.17, 15) is 0 Å². The van der Waals surface area contributed by atoms with E-state index in [4.69, 9.17) is 4.42 Å². The normalized spacial score (nSPS) is 11.6. The summed E-state index contributed by atoms with van der Waals surface area (Å²) in [6, 6.07) is 72.0. The van der Waals surface area contributed by atoms with Gasteiger partial charge >= 0.3 is 0 Å². The largest absolute Gasteiger partial charge is 0.455 e. The van der Waals surface area contributed by atoms with Gasteiger partial charge < -0.3 is 9.32 Å². The highest BCUT2D eigenvalue weighted by Crippen LogP contribution is 2.43. The van der Waals surface area contributed by atoms with Gasteiger partial charge in [0.25, 0.3) is 0 Å². The Kier molecular flexibility index (Phi) is 7.39. The zero-order valence-corrected chi connectivity index (χ0v) is 30.6. The Hall–Kier alpha value is -6.94. The molecule has 0 spiro atoms. The highest BCUT2D eigenvalue weighted by Gasteiger charge is 2.18. The summed E-state index contributed by atoms with van der Waals surface area (Å²) in [5, 5.41) is 7.23. The zero-order valence-electron chi connectivity index (χ0n) is 29.8. The first-order valence-electron chi connectivity index (χ1n) is 18.7. The third-order valence-corrected chi connectivity index (χ3v) is 12.1. The van der Waals surface area contributed by atoms with E-state index >= 15 is 0 Å². The Morgan fingerprint density at radius 3 is 1.58 bits per heavy atom. The number of para-hydroxylation sites is 1. The molecule has 0 bridgehead atoms. The van der Waals surface area contributed by atoms with Crippen LogP contribution in [0.1, 0.15) is 0 Å². The van der Waals surface area contributed by atoms with E-state index in [0.717, 1.165) is 55.5 Å². The van der Waals surface area contributed by atoms with E-state index in [1.165, 1.54) is 47.8 Å². The van der Waals surface area contributed by atoms with Crippen LogP contribution in [0, 0.1) is 0 Å². The van der Waals surface area contributed by atoms with Crippen molar-refractivity contribution >= 4 is 81.3 Å². The Balaban J connectivity index is 1.00. The topological polar surface area (TPSA) is 16.4 Å². The molecule has 9 aromatic carbocycles. The standard InChI is InChI=1S/C52H33NOS/c1-2-10-34(11-3-1)35-20-27-39(28-21-35)53(41-31-24-38(25-32-41)44-16-9-18-48-45-14-6-7-19-49(45)55-52(44)48)40-29-22-37(23-30-40)43-15-8-17-46-47-33-26-36-12-4-5-13-42(36)51(47)54-50(43)46/h1-33H. The molecule has 0 saturated heterocycles. The second kappa shape index (κ2) is 12.9. The summed E-state index contributed by atoms with van der Waals surface area (Å²) in [5.41, 5.74) is 12.2. The number of furan rings is 1. The highest BCUT2D eigenvalue weighted by atomic mass is 32.1. The maximum atomic E-state index is 6.70. The van der Waals surface area contributed by atoms with Crippen LogP contribution in [0.2, 0.25) is 0 Å². The molecule has 11 aromatic rings. The van der Waals surface area contributed by atoms with Gasteiger partial charge in [0.1, 0.15) is 11.2 Å². The summed E-state index contributed by atoms with van der Waals surface area (Å²) in [5.74, 6) is 0. The number of fused-ring (bicyclic) bond motifs is 8. The first-order valence-corrected chi connectivity index (χ1v) is 19.5. The number of anilines is 3. The smallest absolute Gasteiger partial charge is 0.143 e. The molecule has 2 heterocycles. The van der Waals surface area contributed by atoms with Crippen LogP contribution in [0.3, 0.4) is 0 Å². The predicted molar refractivity (Wildman–Crippen MR) is 235 cm³/mol. The van der Waals surface area contributed by atoms with E-state index in [1.807, 2.05) is 11.3 Å². The molecule has 0 atom stereocenters. The fourth-order valence-electron chi connectivity index (χ4n) is 8.19. The van der Waals surface area contributed by atoms with E-state index in [0.29, 0.717) is 0 Å². The molecule has 0 saturated carbocycles. The van der Waals surface area contributed by atoms with Crippen LogP contribution in [-0.2, 0) is 0 Å². The van der Waals surface area contributed by atoms with E-state index in [1.54, 1.807) is 0 Å². The van der Waals surface area contributed by atoms with Gasteiger partial charge in [-0.3, -0.25) is 0 Å². The zero-order chi connectivity index (χ0) is 36.3. The molecule has 0 fully saturated rings. The number of hydrogen-bond acceptors (Lipinski definition) is 3. The Labute approximate surface area is 322 Å². The van der Waals surface area contributed by atoms with Crippen LogP contribution in [0.15, 0.2) is 205 Å². The quantitative estimate of drug-likeness (QED) is 0.170. The fraction of sp³-hybridized carbons (Fsp3) is 0. The lowest BCUT2D eigenvalue weighted by Crippen LogP contribution is -2.09. The number of benzene rings is 9. The Morgan fingerprint density at radius 2 is 0.855 bits per heavy atom. The molecule has 0 aliphatic carbocycles. The van der Waals surface area contributed by atoms with Gasteiger partial charge in [0.15, 0.2) is 0 Å². The lowest BCUT2D eigenvalue weighted by atomic mass is 10.0. The molecule has 0 radical (unpaired) electrons. The molecule has 0 amide bonds. The van der Waals surface area contributed by atoms with Gasteiger partial charge in [-0.15, -0.1) is 11.3 Å². The van der Waals surface area contributed by atoms with Crippen LogP contribution < -0.4 is 4.90 Å². The number of thiophene rings is 1. The number of rotatable bonds is 6. The maximum absolute atomic E-state index is 6.70. The minimum absolute atomic E-state index is 0.916. The van der Waals surface area contributed by atoms with E-state index < -0.39 is 0 Å². The lowest BCUT2D eigenvalue weighted by Gasteiger charge is -2.26. The SMILES string of the molecule is c1ccc(-c2ccc(N(c3ccc(-c4cccc5c4oc4c6ccccc6ccc54)cc3)c3ccc(-c4cccc5c4sc4ccccc45)cc3)cc2)cc1. The average molecular weight is 720 g/mol. The Morgan fingerprint density at radius 1 is 0.327 bits per heavy atom. The molecule has 55 heavy (non-hydrogen) atoms. The molecule has 0 aliphatic heterocycles. The van der Waals surface area contributed by atoms with Gasteiger partial charge in [-0.05, 0) is 81.7 Å². The fourth-order valence-corrected chi connectivity index (χ4v) is 9.43. The first kappa shape index (κ1) is 31.6. The molecule has 3 heteroatoms. The van der Waals surface area contributed by atoms with Crippen molar-refractivity contribution in [2.45, 2.75) is 0 Å². The number of nitrogens with zero attached hydrogens (tertiary/aromatic N) is 1. The summed E-state index contributed by atoms with van der Waals surface area (Å²) < 4.78 is 9.34. The molecule has 0 N–H and O–H groups in total. The second-order valence-electron chi connectivity index (χ2n) is 14.1. The van der Waals surface area contributed by atoms with Crippen molar-refractivity contribution in [1.29, 1.82) is 0 Å². The molecule has 0 aliphatic rings. The van der Waals surface area contributed by atoms with Crippen molar-refractivity contribution in [2.24, 2.45) is 0 Å². The van der Waals surface area contributed by atoms with E-state index in [-0.39, 0.29) is 0 Å². The molecule has 2 aromatic heterocycles. The van der Waals surface area contributed by atoms with Gasteiger partial charge in [-0.1, -0.05) is 152 Å². The minimum Gasteiger partial charge on any atom is -0.455 e. The summed E-state index contributed by atoms with van der Waals surface area (Å²) in [4.78, 5) is 2.34. The second-order valence-corrected chi connectivity index (χ2v) is 15.1. The van der Waals surface area contributed by atoms with Crippen LogP contribution in [-0.4, -0.2) is 0 Å². The van der Waals surface area contributed by atoms with Crippen LogP contribution in [0.25, 0.3) is 86.3 Å². The third-order valence-electron chi connectivity index (χ3n) is 10.9. The molecular formula is C52H33NOS. The van der Waals surface area contributed by atoms with Crippen molar-refractivity contribution in [3.05, 3.63) is 200 Å².